The third-order valence-electron chi connectivity index (χ3n) is 2.46. The SMILES string of the molecule is CC(C)N(CC(=O)O)C(=O)c1ccc(F)c(Cl)c1F. The molecule has 1 aromatic carbocycles. The highest BCUT2D eigenvalue weighted by atomic mass is 35.5. The van der Waals surface area contributed by atoms with Crippen molar-refractivity contribution >= 4 is 23.5 Å². The Balaban J connectivity index is 3.17. The summed E-state index contributed by atoms with van der Waals surface area (Å²) in [6, 6.07) is 1.35. The van der Waals surface area contributed by atoms with Crippen LogP contribution in [-0.2, 0) is 4.79 Å². The number of benzene rings is 1. The zero-order valence-corrected chi connectivity index (χ0v) is 11.0. The molecule has 1 aromatic rings. The fraction of sp³-hybridized carbons (Fsp3) is 0.333. The number of carboxylic acids is 1. The smallest absolute Gasteiger partial charge is 0.323 e. The van der Waals surface area contributed by atoms with E-state index in [1.807, 2.05) is 0 Å². The number of carboxylic acid groups (broad SMARTS) is 1. The molecule has 0 heterocycles. The zero-order chi connectivity index (χ0) is 14.7. The van der Waals surface area contributed by atoms with Gasteiger partial charge in [0.1, 0.15) is 17.4 Å². The lowest BCUT2D eigenvalue weighted by atomic mass is 10.1. The maximum Gasteiger partial charge on any atom is 0.323 e. The molecular formula is C12H12ClF2NO3. The van der Waals surface area contributed by atoms with Crippen molar-refractivity contribution in [3.8, 4) is 0 Å². The summed E-state index contributed by atoms with van der Waals surface area (Å²) in [6.07, 6.45) is 0. The fourth-order valence-corrected chi connectivity index (χ4v) is 1.65. The number of rotatable bonds is 4. The van der Waals surface area contributed by atoms with E-state index in [0.717, 1.165) is 17.0 Å². The van der Waals surface area contributed by atoms with Gasteiger partial charge >= 0.3 is 5.97 Å². The lowest BCUT2D eigenvalue weighted by Crippen LogP contribution is -2.41. The van der Waals surface area contributed by atoms with E-state index >= 15 is 0 Å². The van der Waals surface area contributed by atoms with Gasteiger partial charge in [-0.2, -0.15) is 0 Å². The van der Waals surface area contributed by atoms with Crippen molar-refractivity contribution in [1.29, 1.82) is 0 Å². The first-order valence-corrected chi connectivity index (χ1v) is 5.79. The van der Waals surface area contributed by atoms with E-state index in [4.69, 9.17) is 16.7 Å². The van der Waals surface area contributed by atoms with Crippen molar-refractivity contribution in [3.05, 3.63) is 34.4 Å². The average molecular weight is 292 g/mol. The van der Waals surface area contributed by atoms with E-state index in [2.05, 4.69) is 0 Å². The topological polar surface area (TPSA) is 57.6 Å². The van der Waals surface area contributed by atoms with Crippen LogP contribution in [0, 0.1) is 11.6 Å². The molecule has 0 atom stereocenters. The molecule has 104 valence electrons. The van der Waals surface area contributed by atoms with Crippen LogP contribution < -0.4 is 0 Å². The van der Waals surface area contributed by atoms with Crippen LogP contribution in [0.2, 0.25) is 5.02 Å². The monoisotopic (exact) mass is 291 g/mol. The Bertz CT molecular complexity index is 520. The van der Waals surface area contributed by atoms with Crippen LogP contribution in [0.25, 0.3) is 0 Å². The Morgan fingerprint density at radius 1 is 1.37 bits per heavy atom. The molecule has 1 N–H and O–H groups in total. The Hall–Kier alpha value is -1.69. The lowest BCUT2D eigenvalue weighted by Gasteiger charge is -2.25. The second-order valence-electron chi connectivity index (χ2n) is 4.14. The summed E-state index contributed by atoms with van der Waals surface area (Å²) in [5.74, 6) is -4.25. The predicted octanol–water partition coefficient (Wildman–Crippen LogP) is 2.55. The summed E-state index contributed by atoms with van der Waals surface area (Å²) in [6.45, 7) is 2.60. The van der Waals surface area contributed by atoms with Crippen molar-refractivity contribution in [2.45, 2.75) is 19.9 Å². The van der Waals surface area contributed by atoms with Gasteiger partial charge in [0, 0.05) is 6.04 Å². The molecule has 1 amide bonds. The van der Waals surface area contributed by atoms with Gasteiger partial charge in [-0.1, -0.05) is 11.6 Å². The number of nitrogens with zero attached hydrogens (tertiary/aromatic N) is 1. The molecule has 0 aliphatic heterocycles. The quantitative estimate of drug-likeness (QED) is 0.867. The number of amides is 1. The van der Waals surface area contributed by atoms with Crippen LogP contribution in [0.5, 0.6) is 0 Å². The number of hydrogen-bond donors (Lipinski definition) is 1. The predicted molar refractivity (Wildman–Crippen MR) is 65.2 cm³/mol. The molecule has 0 aliphatic rings. The molecule has 7 heteroatoms. The third kappa shape index (κ3) is 3.41. The van der Waals surface area contributed by atoms with E-state index in [0.29, 0.717) is 0 Å². The summed E-state index contributed by atoms with van der Waals surface area (Å²) in [4.78, 5) is 23.7. The van der Waals surface area contributed by atoms with E-state index in [1.54, 1.807) is 13.8 Å². The molecule has 0 saturated carbocycles. The number of hydrogen-bond acceptors (Lipinski definition) is 2. The molecular weight excluding hydrogens is 280 g/mol. The zero-order valence-electron chi connectivity index (χ0n) is 10.3. The summed E-state index contributed by atoms with van der Waals surface area (Å²) in [5, 5.41) is 7.94. The minimum Gasteiger partial charge on any atom is -0.480 e. The molecule has 0 saturated heterocycles. The van der Waals surface area contributed by atoms with Gasteiger partial charge in [0.25, 0.3) is 5.91 Å². The maximum atomic E-state index is 13.7. The van der Waals surface area contributed by atoms with Gasteiger partial charge in [0.2, 0.25) is 0 Å². The van der Waals surface area contributed by atoms with Gasteiger partial charge in [-0.25, -0.2) is 8.78 Å². The maximum absolute atomic E-state index is 13.7. The first-order chi connectivity index (χ1) is 8.75. The average Bonchev–Trinajstić information content (AvgIpc) is 2.32. The minimum absolute atomic E-state index is 0.452. The molecule has 0 bridgehead atoms. The van der Waals surface area contributed by atoms with Crippen molar-refractivity contribution in [1.82, 2.24) is 4.90 Å². The summed E-state index contributed by atoms with van der Waals surface area (Å²) >= 11 is 5.38. The number of carbonyl (C=O) groups excluding carboxylic acids is 1. The van der Waals surface area contributed by atoms with Crippen molar-refractivity contribution in [2.24, 2.45) is 0 Å². The van der Waals surface area contributed by atoms with Gasteiger partial charge in [-0.15, -0.1) is 0 Å². The highest BCUT2D eigenvalue weighted by Crippen LogP contribution is 2.23. The fourth-order valence-electron chi connectivity index (χ4n) is 1.48. The van der Waals surface area contributed by atoms with E-state index < -0.39 is 46.7 Å². The van der Waals surface area contributed by atoms with Crippen LogP contribution in [0.4, 0.5) is 8.78 Å². The largest absolute Gasteiger partial charge is 0.480 e. The van der Waals surface area contributed by atoms with E-state index in [-0.39, 0.29) is 0 Å². The van der Waals surface area contributed by atoms with Crippen LogP contribution >= 0.6 is 11.6 Å². The third-order valence-corrected chi connectivity index (χ3v) is 2.80. The van der Waals surface area contributed by atoms with E-state index in [1.165, 1.54) is 0 Å². The molecule has 0 fully saturated rings. The Labute approximate surface area is 113 Å². The molecule has 1 rings (SSSR count). The lowest BCUT2D eigenvalue weighted by molar-refractivity contribution is -0.138. The molecule has 0 spiro atoms. The van der Waals surface area contributed by atoms with Gasteiger partial charge in [-0.3, -0.25) is 9.59 Å². The first kappa shape index (κ1) is 15.4. The number of carbonyl (C=O) groups is 2. The van der Waals surface area contributed by atoms with Gasteiger partial charge in [0.15, 0.2) is 5.82 Å². The highest BCUT2D eigenvalue weighted by molar-refractivity contribution is 6.31. The molecule has 4 nitrogen and oxygen atoms in total. The first-order valence-electron chi connectivity index (χ1n) is 5.42. The normalized spacial score (nSPS) is 10.6. The number of aliphatic carboxylic acids is 1. The van der Waals surface area contributed by atoms with Crippen LogP contribution in [0.1, 0.15) is 24.2 Å². The van der Waals surface area contributed by atoms with Crippen LogP contribution in [-0.4, -0.2) is 34.5 Å². The second kappa shape index (κ2) is 5.97. The van der Waals surface area contributed by atoms with Gasteiger partial charge < -0.3 is 10.0 Å². The molecule has 0 aliphatic carbocycles. The molecule has 0 aromatic heterocycles. The summed E-state index contributed by atoms with van der Waals surface area (Å²) in [5.41, 5.74) is -0.457. The number of halogens is 3. The standard InChI is InChI=1S/C12H12ClF2NO3/c1-6(2)16(5-9(17)18)12(19)7-3-4-8(14)10(13)11(7)15/h3-4,6H,5H2,1-2H3,(H,17,18). The van der Waals surface area contributed by atoms with Crippen molar-refractivity contribution < 1.29 is 23.5 Å². The van der Waals surface area contributed by atoms with Crippen molar-refractivity contribution in [3.63, 3.8) is 0 Å². The Morgan fingerprint density at radius 2 is 1.95 bits per heavy atom. The van der Waals surface area contributed by atoms with Gasteiger partial charge in [-0.05, 0) is 26.0 Å². The minimum atomic E-state index is -1.23. The summed E-state index contributed by atoms with van der Waals surface area (Å²) < 4.78 is 26.7. The Kier molecular flexibility index (Phi) is 4.83. The Morgan fingerprint density at radius 3 is 2.42 bits per heavy atom. The van der Waals surface area contributed by atoms with Crippen LogP contribution in [0.15, 0.2) is 12.1 Å². The molecule has 0 radical (unpaired) electrons. The molecule has 0 unspecified atom stereocenters. The van der Waals surface area contributed by atoms with Crippen molar-refractivity contribution in [2.75, 3.05) is 6.54 Å². The second-order valence-corrected chi connectivity index (χ2v) is 4.52. The summed E-state index contributed by atoms with van der Waals surface area (Å²) in [7, 11) is 0. The highest BCUT2D eigenvalue weighted by Gasteiger charge is 2.25. The van der Waals surface area contributed by atoms with Crippen LogP contribution in [0.3, 0.4) is 0 Å². The van der Waals surface area contributed by atoms with Gasteiger partial charge in [0.05, 0.1) is 5.56 Å². The molecule has 19 heavy (non-hydrogen) atoms. The van der Waals surface area contributed by atoms with E-state index in [9.17, 15) is 18.4 Å².